The second-order valence-electron chi connectivity index (χ2n) is 5.88. The van der Waals surface area contributed by atoms with Gasteiger partial charge in [0.15, 0.2) is 0 Å². The minimum absolute atomic E-state index is 0.0834. The Morgan fingerprint density at radius 2 is 1.84 bits per heavy atom. The Morgan fingerprint density at radius 1 is 1.12 bits per heavy atom. The van der Waals surface area contributed by atoms with Gasteiger partial charge in [-0.2, -0.15) is 0 Å². The molecule has 2 aromatic rings. The maximum absolute atomic E-state index is 12.0. The molecule has 1 saturated heterocycles. The number of hydrogen-bond acceptors (Lipinski definition) is 4. The van der Waals surface area contributed by atoms with Gasteiger partial charge in [-0.1, -0.05) is 0 Å². The van der Waals surface area contributed by atoms with Crippen molar-refractivity contribution in [1.29, 1.82) is 0 Å². The minimum Gasteiger partial charge on any atom is -0.491 e. The van der Waals surface area contributed by atoms with E-state index in [2.05, 4.69) is 33.2 Å². The van der Waals surface area contributed by atoms with Crippen LogP contribution in [0.4, 0.5) is 11.4 Å². The summed E-state index contributed by atoms with van der Waals surface area (Å²) in [5.74, 6) is 0.726. The number of ether oxygens (including phenoxy) is 2. The Balaban J connectivity index is 1.41. The number of halogens is 1. The first-order valence-corrected chi connectivity index (χ1v) is 9.41. The fraction of sp³-hybridized carbons (Fsp3) is 0.316. The third-order valence-electron chi connectivity index (χ3n) is 3.90. The summed E-state index contributed by atoms with van der Waals surface area (Å²) in [5.41, 5.74) is 1.67. The number of rotatable bonds is 7. The normalized spacial score (nSPS) is 16.4. The van der Waals surface area contributed by atoms with E-state index in [0.29, 0.717) is 6.61 Å². The number of benzene rings is 2. The standard InChI is InChI=1S/C19H21IN2O3/c20-14-3-5-16(6-4-14)22-19(23)12-21-15-7-9-17(10-8-15)25-13-18-2-1-11-24-18/h3-10,18,21H,1-2,11-13H2,(H,22,23). The largest absolute Gasteiger partial charge is 0.491 e. The lowest BCUT2D eigenvalue weighted by molar-refractivity contribution is -0.114. The molecule has 0 radical (unpaired) electrons. The van der Waals surface area contributed by atoms with Crippen molar-refractivity contribution in [2.24, 2.45) is 0 Å². The Labute approximate surface area is 161 Å². The van der Waals surface area contributed by atoms with Gasteiger partial charge in [0.25, 0.3) is 0 Å². The molecule has 3 rings (SSSR count). The summed E-state index contributed by atoms with van der Waals surface area (Å²) in [7, 11) is 0. The van der Waals surface area contributed by atoms with Crippen molar-refractivity contribution in [3.63, 3.8) is 0 Å². The van der Waals surface area contributed by atoms with E-state index in [-0.39, 0.29) is 18.6 Å². The number of hydrogen-bond donors (Lipinski definition) is 2. The lowest BCUT2D eigenvalue weighted by Gasteiger charge is -2.12. The average molecular weight is 452 g/mol. The van der Waals surface area contributed by atoms with E-state index in [0.717, 1.165) is 40.1 Å². The first kappa shape index (κ1) is 18.0. The molecule has 0 bridgehead atoms. The van der Waals surface area contributed by atoms with Crippen LogP contribution in [-0.4, -0.2) is 31.8 Å². The van der Waals surface area contributed by atoms with Gasteiger partial charge in [-0.25, -0.2) is 0 Å². The lowest BCUT2D eigenvalue weighted by atomic mass is 10.2. The van der Waals surface area contributed by atoms with Crippen molar-refractivity contribution in [3.8, 4) is 5.75 Å². The predicted molar refractivity (Wildman–Crippen MR) is 107 cm³/mol. The highest BCUT2D eigenvalue weighted by molar-refractivity contribution is 14.1. The predicted octanol–water partition coefficient (Wildman–Crippen LogP) is 3.90. The summed E-state index contributed by atoms with van der Waals surface area (Å²) in [6.07, 6.45) is 2.39. The van der Waals surface area contributed by atoms with Crippen LogP contribution in [0, 0.1) is 3.57 Å². The second-order valence-corrected chi connectivity index (χ2v) is 7.12. The van der Waals surface area contributed by atoms with Gasteiger partial charge in [-0.3, -0.25) is 4.79 Å². The van der Waals surface area contributed by atoms with Crippen molar-refractivity contribution < 1.29 is 14.3 Å². The highest BCUT2D eigenvalue weighted by Crippen LogP contribution is 2.18. The van der Waals surface area contributed by atoms with Gasteiger partial charge >= 0.3 is 0 Å². The van der Waals surface area contributed by atoms with Gasteiger partial charge in [0.05, 0.1) is 12.6 Å². The third kappa shape index (κ3) is 5.89. The molecule has 1 aliphatic rings. The van der Waals surface area contributed by atoms with Crippen LogP contribution in [0.25, 0.3) is 0 Å². The Morgan fingerprint density at radius 3 is 2.52 bits per heavy atom. The van der Waals surface area contributed by atoms with Gasteiger partial charge in [-0.05, 0) is 84.0 Å². The zero-order valence-corrected chi connectivity index (χ0v) is 16.0. The van der Waals surface area contributed by atoms with Crippen LogP contribution in [0.5, 0.6) is 5.75 Å². The average Bonchev–Trinajstić information content (AvgIpc) is 3.15. The van der Waals surface area contributed by atoms with E-state index in [1.54, 1.807) is 0 Å². The molecular weight excluding hydrogens is 431 g/mol. The van der Waals surface area contributed by atoms with E-state index >= 15 is 0 Å². The summed E-state index contributed by atoms with van der Waals surface area (Å²) < 4.78 is 12.4. The summed E-state index contributed by atoms with van der Waals surface area (Å²) in [5, 5.41) is 5.97. The maximum Gasteiger partial charge on any atom is 0.243 e. The van der Waals surface area contributed by atoms with Gasteiger partial charge in [0, 0.05) is 21.6 Å². The van der Waals surface area contributed by atoms with Crippen LogP contribution in [0.2, 0.25) is 0 Å². The molecule has 2 N–H and O–H groups in total. The van der Waals surface area contributed by atoms with Gasteiger partial charge in [0.1, 0.15) is 12.4 Å². The van der Waals surface area contributed by atoms with Crippen LogP contribution in [0.3, 0.4) is 0 Å². The lowest BCUT2D eigenvalue weighted by Crippen LogP contribution is -2.21. The quantitative estimate of drug-likeness (QED) is 0.626. The van der Waals surface area contributed by atoms with Crippen LogP contribution >= 0.6 is 22.6 Å². The van der Waals surface area contributed by atoms with E-state index in [4.69, 9.17) is 9.47 Å². The zero-order valence-electron chi connectivity index (χ0n) is 13.8. The monoisotopic (exact) mass is 452 g/mol. The number of carbonyl (C=O) groups excluding carboxylic acids is 1. The van der Waals surface area contributed by atoms with Crippen LogP contribution < -0.4 is 15.4 Å². The highest BCUT2D eigenvalue weighted by atomic mass is 127. The molecule has 1 atom stereocenters. The molecule has 1 heterocycles. The van der Waals surface area contributed by atoms with Crippen molar-refractivity contribution >= 4 is 39.9 Å². The molecule has 5 nitrogen and oxygen atoms in total. The van der Waals surface area contributed by atoms with Crippen molar-refractivity contribution in [2.75, 3.05) is 30.4 Å². The summed E-state index contributed by atoms with van der Waals surface area (Å²) in [4.78, 5) is 12.0. The molecule has 0 aromatic heterocycles. The molecule has 0 aliphatic carbocycles. The first-order valence-electron chi connectivity index (χ1n) is 8.33. The van der Waals surface area contributed by atoms with Crippen LogP contribution in [0.1, 0.15) is 12.8 Å². The number of anilines is 2. The molecule has 2 aromatic carbocycles. The molecule has 0 spiro atoms. The van der Waals surface area contributed by atoms with Crippen molar-refractivity contribution in [2.45, 2.75) is 18.9 Å². The fourth-order valence-corrected chi connectivity index (χ4v) is 2.91. The zero-order chi connectivity index (χ0) is 17.5. The van der Waals surface area contributed by atoms with Crippen molar-refractivity contribution in [3.05, 3.63) is 52.1 Å². The Kier molecular flexibility index (Phi) is 6.52. The summed E-state index contributed by atoms with van der Waals surface area (Å²) in [6, 6.07) is 15.3. The third-order valence-corrected chi connectivity index (χ3v) is 4.61. The van der Waals surface area contributed by atoms with E-state index in [9.17, 15) is 4.79 Å². The van der Waals surface area contributed by atoms with Crippen molar-refractivity contribution in [1.82, 2.24) is 0 Å². The molecule has 132 valence electrons. The summed E-state index contributed by atoms with van der Waals surface area (Å²) in [6.45, 7) is 1.63. The second kappa shape index (κ2) is 9.05. The van der Waals surface area contributed by atoms with Crippen LogP contribution in [0.15, 0.2) is 48.5 Å². The number of nitrogens with one attached hydrogen (secondary N) is 2. The first-order chi connectivity index (χ1) is 12.2. The Hall–Kier alpha value is -1.80. The molecule has 6 heteroatoms. The van der Waals surface area contributed by atoms with Crippen LogP contribution in [-0.2, 0) is 9.53 Å². The topological polar surface area (TPSA) is 59.6 Å². The minimum atomic E-state index is -0.0834. The van der Waals surface area contributed by atoms with Gasteiger partial charge in [0.2, 0.25) is 5.91 Å². The molecule has 1 amide bonds. The van der Waals surface area contributed by atoms with E-state index in [1.165, 1.54) is 0 Å². The van der Waals surface area contributed by atoms with E-state index in [1.807, 2.05) is 48.5 Å². The van der Waals surface area contributed by atoms with E-state index < -0.39 is 0 Å². The molecule has 1 aliphatic heterocycles. The number of carbonyl (C=O) groups is 1. The molecule has 25 heavy (non-hydrogen) atoms. The molecule has 1 fully saturated rings. The smallest absolute Gasteiger partial charge is 0.243 e. The maximum atomic E-state index is 12.0. The SMILES string of the molecule is O=C(CNc1ccc(OCC2CCCO2)cc1)Nc1ccc(I)cc1. The van der Waals surface area contributed by atoms with Gasteiger partial charge < -0.3 is 20.1 Å². The Bertz CT molecular complexity index is 683. The molecule has 0 saturated carbocycles. The fourth-order valence-electron chi connectivity index (χ4n) is 2.55. The summed E-state index contributed by atoms with van der Waals surface area (Å²) >= 11 is 2.23. The van der Waals surface area contributed by atoms with Gasteiger partial charge in [-0.15, -0.1) is 0 Å². The molecular formula is C19H21IN2O3. The number of amides is 1. The molecule has 1 unspecified atom stereocenters. The highest BCUT2D eigenvalue weighted by Gasteiger charge is 2.15.